The topological polar surface area (TPSA) is 68.0 Å². The summed E-state index contributed by atoms with van der Waals surface area (Å²) in [7, 11) is 0. The number of anilines is 1. The standard InChI is InChI=1S/C12H13N3O2S/c1-7-13-12(17-15-7)10-9(5-6-18-10)14-11(16)8-3-2-4-8/h5-6,8H,2-4H2,1H3,(H,14,16). The van der Waals surface area contributed by atoms with Crippen LogP contribution in [0.15, 0.2) is 16.0 Å². The number of nitrogens with one attached hydrogen (secondary N) is 1. The fraction of sp³-hybridized carbons (Fsp3) is 0.417. The summed E-state index contributed by atoms with van der Waals surface area (Å²) >= 11 is 1.48. The van der Waals surface area contributed by atoms with E-state index in [0.717, 1.165) is 29.8 Å². The molecule has 0 atom stereocenters. The van der Waals surface area contributed by atoms with Gasteiger partial charge in [0.15, 0.2) is 5.82 Å². The first-order chi connectivity index (χ1) is 8.74. The maximum absolute atomic E-state index is 11.9. The summed E-state index contributed by atoms with van der Waals surface area (Å²) in [5, 5.41) is 8.62. The van der Waals surface area contributed by atoms with E-state index in [0.29, 0.717) is 11.7 Å². The molecule has 0 unspecified atom stereocenters. The molecule has 2 aromatic rings. The second kappa shape index (κ2) is 4.53. The summed E-state index contributed by atoms with van der Waals surface area (Å²) in [4.78, 5) is 16.9. The van der Waals surface area contributed by atoms with E-state index in [-0.39, 0.29) is 11.8 Å². The normalized spacial score (nSPS) is 15.4. The number of hydrogen-bond donors (Lipinski definition) is 1. The van der Waals surface area contributed by atoms with Crippen LogP contribution in [0.4, 0.5) is 5.69 Å². The molecular weight excluding hydrogens is 250 g/mol. The van der Waals surface area contributed by atoms with E-state index in [2.05, 4.69) is 15.5 Å². The van der Waals surface area contributed by atoms with Crippen LogP contribution in [0.2, 0.25) is 0 Å². The number of aryl methyl sites for hydroxylation is 1. The summed E-state index contributed by atoms with van der Waals surface area (Å²) < 4.78 is 5.13. The Morgan fingerprint density at radius 2 is 2.39 bits per heavy atom. The second-order valence-electron chi connectivity index (χ2n) is 4.43. The Morgan fingerprint density at radius 1 is 1.56 bits per heavy atom. The molecule has 5 nitrogen and oxygen atoms in total. The van der Waals surface area contributed by atoms with Crippen LogP contribution in [-0.2, 0) is 4.79 Å². The van der Waals surface area contributed by atoms with Crippen molar-refractivity contribution in [1.82, 2.24) is 10.1 Å². The van der Waals surface area contributed by atoms with Crippen LogP contribution in [0.25, 0.3) is 10.8 Å². The molecule has 6 heteroatoms. The van der Waals surface area contributed by atoms with Gasteiger partial charge in [0.2, 0.25) is 5.91 Å². The van der Waals surface area contributed by atoms with Crippen molar-refractivity contribution in [2.75, 3.05) is 5.32 Å². The lowest BCUT2D eigenvalue weighted by atomic mass is 9.85. The van der Waals surface area contributed by atoms with E-state index in [1.54, 1.807) is 6.92 Å². The SMILES string of the molecule is Cc1noc(-c2sccc2NC(=O)C2CCC2)n1. The molecule has 1 amide bonds. The molecule has 1 aliphatic carbocycles. The number of thiophene rings is 1. The van der Waals surface area contributed by atoms with Gasteiger partial charge in [0.05, 0.1) is 5.69 Å². The number of aromatic nitrogens is 2. The van der Waals surface area contributed by atoms with Crippen molar-refractivity contribution >= 4 is 22.9 Å². The van der Waals surface area contributed by atoms with E-state index in [1.165, 1.54) is 11.3 Å². The van der Waals surface area contributed by atoms with Crippen LogP contribution in [-0.4, -0.2) is 16.0 Å². The van der Waals surface area contributed by atoms with Crippen LogP contribution < -0.4 is 5.32 Å². The molecule has 18 heavy (non-hydrogen) atoms. The Bertz CT molecular complexity index is 571. The van der Waals surface area contributed by atoms with Gasteiger partial charge in [-0.3, -0.25) is 4.79 Å². The maximum Gasteiger partial charge on any atom is 0.270 e. The highest BCUT2D eigenvalue weighted by atomic mass is 32.1. The number of nitrogens with zero attached hydrogens (tertiary/aromatic N) is 2. The lowest BCUT2D eigenvalue weighted by Gasteiger charge is -2.23. The fourth-order valence-electron chi connectivity index (χ4n) is 1.87. The van der Waals surface area contributed by atoms with Gasteiger partial charge in [0, 0.05) is 5.92 Å². The monoisotopic (exact) mass is 263 g/mol. The molecule has 2 aromatic heterocycles. The highest BCUT2D eigenvalue weighted by Crippen LogP contribution is 2.34. The predicted molar refractivity (Wildman–Crippen MR) is 68.3 cm³/mol. The van der Waals surface area contributed by atoms with Gasteiger partial charge in [-0.1, -0.05) is 11.6 Å². The molecular formula is C12H13N3O2S. The van der Waals surface area contributed by atoms with E-state index >= 15 is 0 Å². The van der Waals surface area contributed by atoms with Gasteiger partial charge in [-0.05, 0) is 31.2 Å². The summed E-state index contributed by atoms with van der Waals surface area (Å²) in [6.45, 7) is 1.77. The molecule has 1 fully saturated rings. The number of carbonyl (C=O) groups is 1. The number of rotatable bonds is 3. The maximum atomic E-state index is 11.9. The Hall–Kier alpha value is -1.69. The zero-order valence-electron chi connectivity index (χ0n) is 9.97. The zero-order valence-corrected chi connectivity index (χ0v) is 10.8. The summed E-state index contributed by atoms with van der Waals surface area (Å²) in [5.41, 5.74) is 0.764. The Morgan fingerprint density at radius 3 is 3.00 bits per heavy atom. The van der Waals surface area contributed by atoms with Gasteiger partial charge in [-0.15, -0.1) is 11.3 Å². The molecule has 1 N–H and O–H groups in total. The first-order valence-electron chi connectivity index (χ1n) is 5.93. The third-order valence-corrected chi connectivity index (χ3v) is 4.02. The van der Waals surface area contributed by atoms with Crippen LogP contribution in [0.5, 0.6) is 0 Å². The van der Waals surface area contributed by atoms with Crippen molar-refractivity contribution in [2.24, 2.45) is 5.92 Å². The highest BCUT2D eigenvalue weighted by Gasteiger charge is 2.26. The van der Waals surface area contributed by atoms with Crippen molar-refractivity contribution in [3.05, 3.63) is 17.3 Å². The van der Waals surface area contributed by atoms with Crippen LogP contribution in [0.3, 0.4) is 0 Å². The second-order valence-corrected chi connectivity index (χ2v) is 5.34. The van der Waals surface area contributed by atoms with E-state index in [1.807, 2.05) is 11.4 Å². The van der Waals surface area contributed by atoms with Crippen molar-refractivity contribution in [2.45, 2.75) is 26.2 Å². The predicted octanol–water partition coefficient (Wildman–Crippen LogP) is 2.85. The third-order valence-electron chi connectivity index (χ3n) is 3.12. The fourth-order valence-corrected chi connectivity index (χ4v) is 2.64. The molecule has 3 rings (SSSR count). The molecule has 0 radical (unpaired) electrons. The van der Waals surface area contributed by atoms with E-state index in [4.69, 9.17) is 4.52 Å². The molecule has 1 aliphatic rings. The van der Waals surface area contributed by atoms with Crippen molar-refractivity contribution in [3.8, 4) is 10.8 Å². The minimum atomic E-state index is 0.0946. The molecule has 94 valence electrons. The van der Waals surface area contributed by atoms with Crippen LogP contribution in [0.1, 0.15) is 25.1 Å². The van der Waals surface area contributed by atoms with Gasteiger partial charge in [-0.25, -0.2) is 0 Å². The lowest BCUT2D eigenvalue weighted by molar-refractivity contribution is -0.122. The first kappa shape index (κ1) is 11.4. The average Bonchev–Trinajstić information content (AvgIpc) is 2.84. The van der Waals surface area contributed by atoms with Gasteiger partial charge in [0.25, 0.3) is 5.89 Å². The smallest absolute Gasteiger partial charge is 0.270 e. The molecule has 0 spiro atoms. The van der Waals surface area contributed by atoms with Gasteiger partial charge in [-0.2, -0.15) is 4.98 Å². The molecule has 2 heterocycles. The van der Waals surface area contributed by atoms with E-state index in [9.17, 15) is 4.79 Å². The zero-order chi connectivity index (χ0) is 12.5. The van der Waals surface area contributed by atoms with E-state index < -0.39 is 0 Å². The molecule has 1 saturated carbocycles. The molecule has 0 bridgehead atoms. The largest absolute Gasteiger partial charge is 0.333 e. The van der Waals surface area contributed by atoms with Crippen molar-refractivity contribution < 1.29 is 9.32 Å². The lowest BCUT2D eigenvalue weighted by Crippen LogP contribution is -2.28. The Balaban J connectivity index is 1.80. The average molecular weight is 263 g/mol. The third kappa shape index (κ3) is 2.03. The number of hydrogen-bond acceptors (Lipinski definition) is 5. The highest BCUT2D eigenvalue weighted by molar-refractivity contribution is 7.14. The van der Waals surface area contributed by atoms with Crippen molar-refractivity contribution in [3.63, 3.8) is 0 Å². The summed E-state index contributed by atoms with van der Waals surface area (Å²) in [6, 6.07) is 1.87. The minimum Gasteiger partial charge on any atom is -0.333 e. The van der Waals surface area contributed by atoms with Crippen LogP contribution >= 0.6 is 11.3 Å². The Kier molecular flexibility index (Phi) is 2.87. The molecule has 0 aromatic carbocycles. The van der Waals surface area contributed by atoms with Crippen molar-refractivity contribution in [1.29, 1.82) is 0 Å². The van der Waals surface area contributed by atoms with Crippen LogP contribution in [0, 0.1) is 12.8 Å². The number of carbonyl (C=O) groups excluding carboxylic acids is 1. The van der Waals surface area contributed by atoms with Gasteiger partial charge >= 0.3 is 0 Å². The minimum absolute atomic E-state index is 0.0946. The molecule has 0 aliphatic heterocycles. The Labute approximate surface area is 108 Å². The first-order valence-corrected chi connectivity index (χ1v) is 6.81. The number of amides is 1. The molecule has 0 saturated heterocycles. The van der Waals surface area contributed by atoms with Gasteiger partial charge < -0.3 is 9.84 Å². The summed E-state index contributed by atoms with van der Waals surface area (Å²) in [5.74, 6) is 1.32. The quantitative estimate of drug-likeness (QED) is 0.924. The summed E-state index contributed by atoms with van der Waals surface area (Å²) in [6.07, 6.45) is 3.13. The van der Waals surface area contributed by atoms with Gasteiger partial charge in [0.1, 0.15) is 4.88 Å².